The van der Waals surface area contributed by atoms with Crippen LogP contribution in [0.25, 0.3) is 22.3 Å². The molecule has 0 bridgehead atoms. The second-order valence-electron chi connectivity index (χ2n) is 6.23. The summed E-state index contributed by atoms with van der Waals surface area (Å²) in [7, 11) is 0. The van der Waals surface area contributed by atoms with Gasteiger partial charge in [0.25, 0.3) is 0 Å². The van der Waals surface area contributed by atoms with Gasteiger partial charge in [0.15, 0.2) is 6.23 Å². The average Bonchev–Trinajstić information content (AvgIpc) is 3.12. The van der Waals surface area contributed by atoms with Crippen LogP contribution in [0.3, 0.4) is 0 Å². The van der Waals surface area contributed by atoms with Crippen molar-refractivity contribution in [1.29, 1.82) is 0 Å². The van der Waals surface area contributed by atoms with Crippen molar-refractivity contribution in [3.8, 4) is 28.0 Å². The fraction of sp³-hybridized carbons (Fsp3) is 0.211. The number of nitrogens with one attached hydrogen (secondary N) is 2. The number of thiophene rings is 1. The van der Waals surface area contributed by atoms with Crippen LogP contribution in [-0.2, 0) is 0 Å². The number of fused-ring (bicyclic) bond motifs is 3. The van der Waals surface area contributed by atoms with E-state index >= 15 is 0 Å². The molecule has 1 aliphatic rings. The van der Waals surface area contributed by atoms with Gasteiger partial charge in [0.2, 0.25) is 0 Å². The lowest BCUT2D eigenvalue weighted by atomic mass is 9.88. The van der Waals surface area contributed by atoms with E-state index in [2.05, 4.69) is 15.6 Å². The Kier molecular flexibility index (Phi) is 4.28. The number of pyridine rings is 1. The van der Waals surface area contributed by atoms with E-state index in [1.54, 1.807) is 12.3 Å². The highest BCUT2D eigenvalue weighted by atomic mass is 32.1. The van der Waals surface area contributed by atoms with E-state index < -0.39 is 6.23 Å². The minimum atomic E-state index is -0.741. The third-order valence-electron chi connectivity index (χ3n) is 4.50. The highest BCUT2D eigenvalue weighted by molar-refractivity contribution is 7.10. The Balaban J connectivity index is 1.87. The van der Waals surface area contributed by atoms with E-state index in [0.29, 0.717) is 18.7 Å². The average molecular weight is 368 g/mol. The SMILES string of the molecule is Cc1cc(O)c(-c2ccc(NCCN)nc2)c2c1NC(O)c1sccc1-2. The molecule has 1 atom stereocenters. The first kappa shape index (κ1) is 16.8. The van der Waals surface area contributed by atoms with Gasteiger partial charge in [-0.25, -0.2) is 4.98 Å². The molecule has 1 aromatic carbocycles. The zero-order valence-electron chi connectivity index (χ0n) is 14.3. The number of phenolic OH excluding ortho intramolecular Hbond substituents is 1. The van der Waals surface area contributed by atoms with Gasteiger partial charge in [0.05, 0.1) is 4.88 Å². The number of aromatic nitrogens is 1. The number of rotatable bonds is 4. The number of hydrogen-bond donors (Lipinski definition) is 5. The van der Waals surface area contributed by atoms with Crippen LogP contribution in [0.4, 0.5) is 11.5 Å². The molecule has 3 heterocycles. The minimum Gasteiger partial charge on any atom is -0.507 e. The first-order valence-corrected chi connectivity index (χ1v) is 9.27. The Hall–Kier alpha value is -2.61. The summed E-state index contributed by atoms with van der Waals surface area (Å²) in [6, 6.07) is 7.49. The van der Waals surface area contributed by atoms with Gasteiger partial charge < -0.3 is 26.6 Å². The summed E-state index contributed by atoms with van der Waals surface area (Å²) in [5.74, 6) is 0.936. The van der Waals surface area contributed by atoms with Gasteiger partial charge in [-0.3, -0.25) is 0 Å². The molecule has 26 heavy (non-hydrogen) atoms. The van der Waals surface area contributed by atoms with Gasteiger partial charge in [-0.15, -0.1) is 11.3 Å². The topological polar surface area (TPSA) is 103 Å². The number of aliphatic hydroxyl groups excluding tert-OH is 1. The number of phenols is 1. The Morgan fingerprint density at radius 2 is 2.15 bits per heavy atom. The largest absolute Gasteiger partial charge is 0.507 e. The highest BCUT2D eigenvalue weighted by Crippen LogP contribution is 2.51. The number of aryl methyl sites for hydroxylation is 1. The Labute approximate surface area is 155 Å². The van der Waals surface area contributed by atoms with Crippen LogP contribution in [0.2, 0.25) is 0 Å². The summed E-state index contributed by atoms with van der Waals surface area (Å²) in [4.78, 5) is 5.26. The van der Waals surface area contributed by atoms with Gasteiger partial charge in [-0.05, 0) is 42.1 Å². The van der Waals surface area contributed by atoms with E-state index in [4.69, 9.17) is 5.73 Å². The van der Waals surface area contributed by atoms with Crippen molar-refractivity contribution in [2.75, 3.05) is 23.7 Å². The van der Waals surface area contributed by atoms with Crippen molar-refractivity contribution in [1.82, 2.24) is 4.98 Å². The maximum Gasteiger partial charge on any atom is 0.160 e. The molecule has 0 saturated heterocycles. The normalized spacial score (nSPS) is 15.1. The minimum absolute atomic E-state index is 0.195. The molecule has 1 aliphatic heterocycles. The van der Waals surface area contributed by atoms with Gasteiger partial charge in [0.1, 0.15) is 11.6 Å². The van der Waals surface area contributed by atoms with Crippen molar-refractivity contribution in [2.24, 2.45) is 5.73 Å². The van der Waals surface area contributed by atoms with E-state index in [1.807, 2.05) is 30.5 Å². The first-order chi connectivity index (χ1) is 12.6. The molecule has 0 amide bonds. The monoisotopic (exact) mass is 368 g/mol. The predicted molar refractivity (Wildman–Crippen MR) is 106 cm³/mol. The maximum atomic E-state index is 10.7. The Bertz CT molecular complexity index is 953. The van der Waals surface area contributed by atoms with Gasteiger partial charge in [-0.1, -0.05) is 0 Å². The summed E-state index contributed by atoms with van der Waals surface area (Å²) >= 11 is 1.49. The van der Waals surface area contributed by atoms with Crippen LogP contribution in [-0.4, -0.2) is 28.3 Å². The van der Waals surface area contributed by atoms with Crippen LogP contribution in [0, 0.1) is 6.92 Å². The third-order valence-corrected chi connectivity index (χ3v) is 5.47. The molecule has 0 aliphatic carbocycles. The summed E-state index contributed by atoms with van der Waals surface area (Å²) in [6.07, 6.45) is 0.996. The summed E-state index contributed by atoms with van der Waals surface area (Å²) in [5.41, 5.74) is 10.6. The fourth-order valence-corrected chi connectivity index (χ4v) is 4.17. The van der Waals surface area contributed by atoms with Gasteiger partial charge in [-0.2, -0.15) is 0 Å². The molecule has 0 fully saturated rings. The lowest BCUT2D eigenvalue weighted by Crippen LogP contribution is -2.16. The van der Waals surface area contributed by atoms with E-state index in [1.165, 1.54) is 11.3 Å². The molecular formula is C19H20N4O2S. The predicted octanol–water partition coefficient (Wildman–Crippen LogP) is 3.28. The van der Waals surface area contributed by atoms with E-state index in [9.17, 15) is 10.2 Å². The third kappa shape index (κ3) is 2.70. The molecule has 2 aromatic heterocycles. The second-order valence-corrected chi connectivity index (χ2v) is 7.18. The number of nitrogens with two attached hydrogens (primary N) is 1. The zero-order valence-corrected chi connectivity index (χ0v) is 15.1. The summed E-state index contributed by atoms with van der Waals surface area (Å²) < 4.78 is 0. The summed E-state index contributed by atoms with van der Waals surface area (Å²) in [5, 5.41) is 29.3. The van der Waals surface area contributed by atoms with Crippen molar-refractivity contribution in [3.05, 3.63) is 46.3 Å². The molecule has 4 rings (SSSR count). The number of aromatic hydroxyl groups is 1. The lowest BCUT2D eigenvalue weighted by Gasteiger charge is -2.28. The number of anilines is 2. The Morgan fingerprint density at radius 1 is 1.31 bits per heavy atom. The second kappa shape index (κ2) is 6.60. The molecule has 6 nitrogen and oxygen atoms in total. The first-order valence-electron chi connectivity index (χ1n) is 8.39. The fourth-order valence-electron chi connectivity index (χ4n) is 3.34. The van der Waals surface area contributed by atoms with Crippen molar-refractivity contribution < 1.29 is 10.2 Å². The molecule has 1 unspecified atom stereocenters. The molecule has 0 spiro atoms. The quantitative estimate of drug-likeness (QED) is 0.453. The van der Waals surface area contributed by atoms with E-state index in [0.717, 1.165) is 38.6 Å². The summed E-state index contributed by atoms with van der Waals surface area (Å²) in [6.45, 7) is 3.10. The number of hydrogen-bond acceptors (Lipinski definition) is 7. The number of benzene rings is 1. The van der Waals surface area contributed by atoms with Gasteiger partial charge >= 0.3 is 0 Å². The van der Waals surface area contributed by atoms with Gasteiger partial charge in [0, 0.05) is 47.2 Å². The molecule has 0 saturated carbocycles. The maximum absolute atomic E-state index is 10.7. The van der Waals surface area contributed by atoms with E-state index in [-0.39, 0.29) is 5.75 Å². The molecule has 6 N–H and O–H groups in total. The number of nitrogens with zero attached hydrogens (tertiary/aromatic N) is 1. The number of aliphatic hydroxyl groups is 1. The van der Waals surface area contributed by atoms with Crippen LogP contribution in [0.15, 0.2) is 35.8 Å². The van der Waals surface area contributed by atoms with Crippen LogP contribution < -0.4 is 16.4 Å². The molecule has 7 heteroatoms. The zero-order chi connectivity index (χ0) is 18.3. The smallest absolute Gasteiger partial charge is 0.160 e. The van der Waals surface area contributed by atoms with Crippen LogP contribution >= 0.6 is 11.3 Å². The molecular weight excluding hydrogens is 348 g/mol. The molecule has 0 radical (unpaired) electrons. The van der Waals surface area contributed by atoms with Crippen molar-refractivity contribution in [3.63, 3.8) is 0 Å². The lowest BCUT2D eigenvalue weighted by molar-refractivity contribution is 0.211. The van der Waals surface area contributed by atoms with Crippen LogP contribution in [0.1, 0.15) is 16.7 Å². The Morgan fingerprint density at radius 3 is 2.88 bits per heavy atom. The standard InChI is InChI=1S/C19H20N4O2S/c1-10-8-13(24)15(11-2-3-14(22-9-11)21-6-5-20)16-12-4-7-26-18(12)19(25)23-17(10)16/h2-4,7-9,19,23-25H,5-6,20H2,1H3,(H,21,22). The molecule has 134 valence electrons. The van der Waals surface area contributed by atoms with Crippen LogP contribution in [0.5, 0.6) is 5.75 Å². The molecule has 3 aromatic rings. The highest BCUT2D eigenvalue weighted by Gasteiger charge is 2.29. The van der Waals surface area contributed by atoms with Crippen molar-refractivity contribution in [2.45, 2.75) is 13.2 Å². The van der Waals surface area contributed by atoms with Crippen molar-refractivity contribution >= 4 is 22.8 Å².